The van der Waals surface area contributed by atoms with E-state index in [0.29, 0.717) is 5.02 Å². The van der Waals surface area contributed by atoms with Crippen LogP contribution < -0.4 is 4.74 Å². The predicted molar refractivity (Wildman–Crippen MR) is 70.3 cm³/mol. The molecule has 2 rings (SSSR count). The minimum absolute atomic E-state index is 0.00395. The molecular weight excluding hydrogens is 314 g/mol. The van der Waals surface area contributed by atoms with Gasteiger partial charge in [-0.05, 0) is 17.7 Å². The number of rotatable bonds is 3. The van der Waals surface area contributed by atoms with Gasteiger partial charge in [-0.3, -0.25) is 4.98 Å². The zero-order chi connectivity index (χ0) is 14.8. The number of benzene rings is 1. The largest absolute Gasteiger partial charge is 0.456 e. The Morgan fingerprint density at radius 2 is 1.85 bits per heavy atom. The molecule has 0 saturated carbocycles. The highest BCUT2D eigenvalue weighted by molar-refractivity contribution is 6.30. The van der Waals surface area contributed by atoms with E-state index in [1.165, 1.54) is 30.6 Å². The van der Waals surface area contributed by atoms with Crippen molar-refractivity contribution < 1.29 is 17.9 Å². The molecule has 20 heavy (non-hydrogen) atoms. The van der Waals surface area contributed by atoms with Crippen LogP contribution in [-0.4, -0.2) is 4.98 Å². The van der Waals surface area contributed by atoms with Crippen molar-refractivity contribution >= 4 is 23.2 Å². The molecule has 1 heterocycles. The molecule has 0 atom stereocenters. The van der Waals surface area contributed by atoms with Crippen LogP contribution in [0.2, 0.25) is 5.02 Å². The average Bonchev–Trinajstić information content (AvgIpc) is 2.37. The molecule has 0 aliphatic heterocycles. The molecule has 0 saturated heterocycles. The van der Waals surface area contributed by atoms with Crippen molar-refractivity contribution in [1.82, 2.24) is 4.98 Å². The zero-order valence-electron chi connectivity index (χ0n) is 9.92. The smallest absolute Gasteiger partial charge is 0.416 e. The third-order valence-corrected chi connectivity index (χ3v) is 2.94. The van der Waals surface area contributed by atoms with Crippen LogP contribution in [0.4, 0.5) is 13.2 Å². The van der Waals surface area contributed by atoms with Crippen molar-refractivity contribution in [2.45, 2.75) is 12.1 Å². The molecule has 0 bridgehead atoms. The highest BCUT2D eigenvalue weighted by Crippen LogP contribution is 2.36. The second-order valence-electron chi connectivity index (χ2n) is 3.89. The molecule has 0 spiro atoms. The Bertz CT molecular complexity index is 617. The molecule has 106 valence electrons. The summed E-state index contributed by atoms with van der Waals surface area (Å²) in [5.74, 6) is 0.0629. The van der Waals surface area contributed by atoms with E-state index < -0.39 is 11.7 Å². The van der Waals surface area contributed by atoms with Gasteiger partial charge in [0.25, 0.3) is 0 Å². The Kier molecular flexibility index (Phi) is 4.40. The average molecular weight is 322 g/mol. The summed E-state index contributed by atoms with van der Waals surface area (Å²) in [5.41, 5.74) is -0.823. The van der Waals surface area contributed by atoms with Gasteiger partial charge in [0, 0.05) is 18.1 Å². The third kappa shape index (κ3) is 3.55. The second-order valence-corrected chi connectivity index (χ2v) is 4.59. The lowest BCUT2D eigenvalue weighted by Gasteiger charge is -2.13. The summed E-state index contributed by atoms with van der Waals surface area (Å²) < 4.78 is 43.9. The Morgan fingerprint density at radius 1 is 1.10 bits per heavy atom. The lowest BCUT2D eigenvalue weighted by molar-refractivity contribution is -0.138. The van der Waals surface area contributed by atoms with Crippen molar-refractivity contribution in [3.05, 3.63) is 52.8 Å². The Balaban J connectivity index is 2.34. The van der Waals surface area contributed by atoms with Gasteiger partial charge in [0.05, 0.1) is 16.8 Å². The van der Waals surface area contributed by atoms with Crippen LogP contribution in [0.25, 0.3) is 0 Å². The van der Waals surface area contributed by atoms with Crippen LogP contribution >= 0.6 is 23.2 Å². The summed E-state index contributed by atoms with van der Waals surface area (Å²) >= 11 is 11.2. The molecule has 0 radical (unpaired) electrons. The van der Waals surface area contributed by atoms with Gasteiger partial charge >= 0.3 is 6.18 Å². The number of aromatic nitrogens is 1. The molecule has 0 unspecified atom stereocenters. The lowest BCUT2D eigenvalue weighted by atomic mass is 10.1. The lowest BCUT2D eigenvalue weighted by Crippen LogP contribution is -2.08. The van der Waals surface area contributed by atoms with E-state index in [4.69, 9.17) is 27.9 Å². The van der Waals surface area contributed by atoms with Crippen LogP contribution in [0.3, 0.4) is 0 Å². The number of ether oxygens (including phenoxy) is 1. The molecule has 1 aromatic heterocycles. The van der Waals surface area contributed by atoms with Gasteiger partial charge in [0.15, 0.2) is 0 Å². The molecule has 0 amide bonds. The second kappa shape index (κ2) is 5.89. The van der Waals surface area contributed by atoms with Gasteiger partial charge in [-0.15, -0.1) is 11.6 Å². The van der Waals surface area contributed by atoms with Crippen LogP contribution in [-0.2, 0) is 12.1 Å². The first-order chi connectivity index (χ1) is 9.40. The highest BCUT2D eigenvalue weighted by Gasteiger charge is 2.33. The highest BCUT2D eigenvalue weighted by atomic mass is 35.5. The standard InChI is InChI=1S/C13H8Cl2F3NO/c14-5-8-1-2-10(4-12(8)13(16,17)18)20-11-3-9(15)6-19-7-11/h1-4,6-7H,5H2. The normalized spacial score (nSPS) is 11.4. The van der Waals surface area contributed by atoms with Crippen LogP contribution in [0.15, 0.2) is 36.7 Å². The topological polar surface area (TPSA) is 22.1 Å². The van der Waals surface area contributed by atoms with Crippen molar-refractivity contribution in [3.63, 3.8) is 0 Å². The van der Waals surface area contributed by atoms with Crippen molar-refractivity contribution in [2.75, 3.05) is 0 Å². The van der Waals surface area contributed by atoms with E-state index in [0.717, 1.165) is 6.07 Å². The first kappa shape index (κ1) is 14.9. The van der Waals surface area contributed by atoms with Gasteiger partial charge in [-0.25, -0.2) is 0 Å². The van der Waals surface area contributed by atoms with Gasteiger partial charge in [-0.2, -0.15) is 13.2 Å². The molecule has 0 aliphatic carbocycles. The minimum atomic E-state index is -4.49. The van der Waals surface area contributed by atoms with Gasteiger partial charge in [0.1, 0.15) is 11.5 Å². The first-order valence-electron chi connectivity index (χ1n) is 5.44. The van der Waals surface area contributed by atoms with Gasteiger partial charge < -0.3 is 4.74 Å². The van der Waals surface area contributed by atoms with Crippen molar-refractivity contribution in [1.29, 1.82) is 0 Å². The first-order valence-corrected chi connectivity index (χ1v) is 6.36. The third-order valence-electron chi connectivity index (χ3n) is 2.45. The van der Waals surface area contributed by atoms with E-state index in [2.05, 4.69) is 4.98 Å². The number of halogens is 5. The Morgan fingerprint density at radius 3 is 2.45 bits per heavy atom. The SMILES string of the molecule is FC(F)(F)c1cc(Oc2cncc(Cl)c2)ccc1CCl. The predicted octanol–water partition coefficient (Wildman–Crippen LogP) is 5.28. The summed E-state index contributed by atoms with van der Waals surface area (Å²) in [6.45, 7) is 0. The number of pyridine rings is 1. The van der Waals surface area contributed by atoms with E-state index >= 15 is 0 Å². The fraction of sp³-hybridized carbons (Fsp3) is 0.154. The van der Waals surface area contributed by atoms with Crippen molar-refractivity contribution in [2.24, 2.45) is 0 Å². The fourth-order valence-electron chi connectivity index (χ4n) is 1.58. The quantitative estimate of drug-likeness (QED) is 0.717. The van der Waals surface area contributed by atoms with Crippen LogP contribution in [0.1, 0.15) is 11.1 Å². The fourth-order valence-corrected chi connectivity index (χ4v) is 1.98. The molecule has 0 aliphatic rings. The van der Waals surface area contributed by atoms with Crippen LogP contribution in [0, 0.1) is 0 Å². The van der Waals surface area contributed by atoms with E-state index in [9.17, 15) is 13.2 Å². The Labute approximate surface area is 123 Å². The summed E-state index contributed by atoms with van der Waals surface area (Å²) in [7, 11) is 0. The summed E-state index contributed by atoms with van der Waals surface area (Å²) in [6, 6.07) is 5.05. The molecule has 0 N–H and O–H groups in total. The van der Waals surface area contributed by atoms with Crippen LogP contribution in [0.5, 0.6) is 11.5 Å². The molecule has 2 nitrogen and oxygen atoms in total. The van der Waals surface area contributed by atoms with Gasteiger partial charge in [0.2, 0.25) is 0 Å². The maximum absolute atomic E-state index is 12.9. The van der Waals surface area contributed by atoms with E-state index in [1.807, 2.05) is 0 Å². The molecule has 2 aromatic rings. The van der Waals surface area contributed by atoms with E-state index in [1.54, 1.807) is 0 Å². The molecule has 1 aromatic carbocycles. The number of nitrogens with zero attached hydrogens (tertiary/aromatic N) is 1. The summed E-state index contributed by atoms with van der Waals surface area (Å²) in [4.78, 5) is 3.79. The maximum atomic E-state index is 12.9. The van der Waals surface area contributed by atoms with Gasteiger partial charge in [-0.1, -0.05) is 17.7 Å². The van der Waals surface area contributed by atoms with E-state index in [-0.39, 0.29) is 22.9 Å². The number of hydrogen-bond acceptors (Lipinski definition) is 2. The maximum Gasteiger partial charge on any atom is 0.416 e. The monoisotopic (exact) mass is 321 g/mol. The number of alkyl halides is 4. The molecular formula is C13H8Cl2F3NO. The molecule has 7 heteroatoms. The Hall–Kier alpha value is -1.46. The number of hydrogen-bond donors (Lipinski definition) is 0. The van der Waals surface area contributed by atoms with Crippen molar-refractivity contribution in [3.8, 4) is 11.5 Å². The zero-order valence-corrected chi connectivity index (χ0v) is 11.4. The summed E-state index contributed by atoms with van der Waals surface area (Å²) in [6.07, 6.45) is -1.74. The molecule has 0 fully saturated rings. The minimum Gasteiger partial charge on any atom is -0.456 e. The summed E-state index contributed by atoms with van der Waals surface area (Å²) in [5, 5.41) is 0.330.